The van der Waals surface area contributed by atoms with E-state index in [-0.39, 0.29) is 56.3 Å². The van der Waals surface area contributed by atoms with Gasteiger partial charge in [-0.1, -0.05) is 47.7 Å². The number of rotatable bonds is 12. The van der Waals surface area contributed by atoms with Crippen LogP contribution in [0, 0.1) is 5.82 Å². The molecule has 3 aromatic carbocycles. The molecule has 2 aliphatic rings. The van der Waals surface area contributed by atoms with Gasteiger partial charge in [0.2, 0.25) is 11.8 Å². The van der Waals surface area contributed by atoms with Gasteiger partial charge in [0.25, 0.3) is 0 Å². The zero-order chi connectivity index (χ0) is 37.8. The number of halogens is 1. The first kappa shape index (κ1) is 37.4. The van der Waals surface area contributed by atoms with Crippen molar-refractivity contribution >= 4 is 50.6 Å². The summed E-state index contributed by atoms with van der Waals surface area (Å²) in [5.41, 5.74) is 9.04. The van der Waals surface area contributed by atoms with Crippen molar-refractivity contribution in [2.75, 3.05) is 46.0 Å². The number of urea groups is 1. The van der Waals surface area contributed by atoms with E-state index >= 15 is 0 Å². The van der Waals surface area contributed by atoms with Crippen molar-refractivity contribution in [2.45, 2.75) is 51.6 Å². The summed E-state index contributed by atoms with van der Waals surface area (Å²) in [6.07, 6.45) is -1.04. The summed E-state index contributed by atoms with van der Waals surface area (Å²) in [5.74, 6) is -0.561. The number of aromatic nitrogens is 1. The van der Waals surface area contributed by atoms with E-state index in [1.807, 2.05) is 51.0 Å². The van der Waals surface area contributed by atoms with E-state index in [0.717, 1.165) is 21.4 Å². The van der Waals surface area contributed by atoms with Crippen molar-refractivity contribution in [2.24, 2.45) is 0 Å². The molecule has 0 radical (unpaired) electrons. The Hall–Kier alpha value is -5.32. The van der Waals surface area contributed by atoms with Crippen molar-refractivity contribution in [1.29, 1.82) is 0 Å². The fraction of sp³-hybridized carbons (Fsp3) is 0.378. The van der Waals surface area contributed by atoms with Gasteiger partial charge in [0.05, 0.1) is 23.3 Å². The molecule has 0 unspecified atom stereocenters. The van der Waals surface area contributed by atoms with Crippen molar-refractivity contribution in [3.05, 3.63) is 89.2 Å². The molecule has 3 heterocycles. The first-order valence-electron chi connectivity index (χ1n) is 17.4. The number of hydrogen-bond acceptors (Lipinski definition) is 10. The third-order valence-corrected chi connectivity index (χ3v) is 10.0. The highest BCUT2D eigenvalue weighted by molar-refractivity contribution is 7.22. The zero-order valence-electron chi connectivity index (χ0n) is 30.1. The Balaban J connectivity index is 1.25. The number of nitrogens with one attached hydrogen (secondary N) is 2. The number of piperazine rings is 1. The molecule has 4 aromatic rings. The Morgan fingerprint density at radius 2 is 1.75 bits per heavy atom. The standard InChI is InChI=1S/C37H44FN9O5S/c1-23(2)47(36(50)41-19-25-8-12-27(38)13-9-25)45-22-32(48)46-29(18-24-10-14-28(15-11-24)52-37(51)40-16-17-43(3)4)34(49)44(21-31(45)46)20-26-6-5-7-30-33(26)42-35(39)53-30/h5-15,23,29,31H,16-22H2,1-4H3,(H2,39,42)(H,40,51)(H,41,50)/t29-,31+/m0/s1. The molecule has 0 saturated carbocycles. The number of nitrogens with two attached hydrogens (primary N) is 1. The molecule has 2 aliphatic heterocycles. The summed E-state index contributed by atoms with van der Waals surface area (Å²) in [5, 5.41) is 9.28. The Kier molecular flexibility index (Phi) is 11.4. The Morgan fingerprint density at radius 1 is 1.04 bits per heavy atom. The van der Waals surface area contributed by atoms with Gasteiger partial charge in [-0.05, 0) is 75.0 Å². The predicted octanol–water partition coefficient (Wildman–Crippen LogP) is 3.63. The fourth-order valence-corrected chi connectivity index (χ4v) is 7.45. The van der Waals surface area contributed by atoms with Crippen LogP contribution < -0.4 is 21.1 Å². The second-order valence-corrected chi connectivity index (χ2v) is 14.7. The number of likely N-dealkylation sites (N-methyl/N-ethyl adjacent to an activating group) is 1. The van der Waals surface area contributed by atoms with Crippen molar-refractivity contribution in [3.63, 3.8) is 0 Å². The molecular formula is C37H44FN9O5S. The van der Waals surface area contributed by atoms with Gasteiger partial charge in [-0.3, -0.25) is 14.6 Å². The molecular weight excluding hydrogens is 702 g/mol. The fourth-order valence-electron chi connectivity index (χ4n) is 6.67. The molecule has 6 rings (SSSR count). The maximum atomic E-state index is 14.4. The van der Waals surface area contributed by atoms with Crippen molar-refractivity contribution in [1.82, 2.24) is 40.3 Å². The van der Waals surface area contributed by atoms with E-state index in [4.69, 9.17) is 10.5 Å². The van der Waals surface area contributed by atoms with Gasteiger partial charge in [0, 0.05) is 38.6 Å². The topological polar surface area (TPSA) is 157 Å². The largest absolute Gasteiger partial charge is 0.412 e. The lowest BCUT2D eigenvalue weighted by molar-refractivity contribution is -0.158. The average Bonchev–Trinajstić information content (AvgIpc) is 3.65. The van der Waals surface area contributed by atoms with Crippen molar-refractivity contribution < 1.29 is 28.3 Å². The number of fused-ring (bicyclic) bond motifs is 2. The lowest BCUT2D eigenvalue weighted by atomic mass is 9.99. The molecule has 5 amide bonds. The first-order valence-corrected chi connectivity index (χ1v) is 18.2. The number of hydrogen-bond donors (Lipinski definition) is 3. The number of amides is 5. The van der Waals surface area contributed by atoms with Gasteiger partial charge in [-0.2, -0.15) is 5.01 Å². The zero-order valence-corrected chi connectivity index (χ0v) is 30.9. The number of carbonyl (C=O) groups excluding carboxylic acids is 4. The normalized spacial score (nSPS) is 17.5. The summed E-state index contributed by atoms with van der Waals surface area (Å²) in [7, 11) is 3.81. The summed E-state index contributed by atoms with van der Waals surface area (Å²) < 4.78 is 19.8. The predicted molar refractivity (Wildman–Crippen MR) is 199 cm³/mol. The first-order chi connectivity index (χ1) is 25.4. The SMILES string of the molecule is CC(C)N(C(=O)NCc1ccc(F)cc1)N1CC(=O)N2[C@@H](Cc3ccc(OC(=O)NCCN(C)C)cc3)C(=O)N(Cc3cccc4sc(N)nc34)C[C@@H]21. The molecule has 1 aromatic heterocycles. The van der Waals surface area contributed by atoms with E-state index < -0.39 is 24.3 Å². The van der Waals surface area contributed by atoms with E-state index in [1.54, 1.807) is 51.2 Å². The maximum absolute atomic E-state index is 14.4. The van der Waals surface area contributed by atoms with Gasteiger partial charge in [0.1, 0.15) is 23.8 Å². The number of ether oxygens (including phenoxy) is 1. The lowest BCUT2D eigenvalue weighted by Gasteiger charge is -2.47. The second kappa shape index (κ2) is 16.1. The highest BCUT2D eigenvalue weighted by Gasteiger charge is 2.52. The van der Waals surface area contributed by atoms with Crippen LogP contribution in [0.25, 0.3) is 10.2 Å². The summed E-state index contributed by atoms with van der Waals surface area (Å²) in [6.45, 7) is 5.21. The van der Waals surface area contributed by atoms with Gasteiger partial charge >= 0.3 is 12.1 Å². The van der Waals surface area contributed by atoms with Crippen molar-refractivity contribution in [3.8, 4) is 5.75 Å². The molecule has 14 nitrogen and oxygen atoms in total. The highest BCUT2D eigenvalue weighted by atomic mass is 32.1. The van der Waals surface area contributed by atoms with Gasteiger partial charge in [-0.15, -0.1) is 0 Å². The maximum Gasteiger partial charge on any atom is 0.412 e. The number of nitrogens with zero attached hydrogens (tertiary/aromatic N) is 6. The number of nitrogen functional groups attached to an aromatic ring is 1. The average molecular weight is 746 g/mol. The Morgan fingerprint density at radius 3 is 2.45 bits per heavy atom. The second-order valence-electron chi connectivity index (χ2n) is 13.6. The van der Waals surface area contributed by atoms with Crippen LogP contribution in [-0.4, -0.2) is 112 Å². The number of para-hydroxylation sites is 1. The number of anilines is 1. The Bertz CT molecular complexity index is 1960. The van der Waals surface area contributed by atoms with Crippen LogP contribution >= 0.6 is 11.3 Å². The smallest absolute Gasteiger partial charge is 0.410 e. The van der Waals surface area contributed by atoms with Gasteiger partial charge < -0.3 is 35.8 Å². The molecule has 280 valence electrons. The molecule has 0 spiro atoms. The van der Waals surface area contributed by atoms with Crippen LogP contribution in [-0.2, 0) is 29.1 Å². The third-order valence-electron chi connectivity index (χ3n) is 9.17. The molecule has 4 N–H and O–H groups in total. The van der Waals surface area contributed by atoms with E-state index in [0.29, 0.717) is 29.5 Å². The molecule has 16 heteroatoms. The lowest BCUT2D eigenvalue weighted by Crippen LogP contribution is -2.66. The minimum absolute atomic E-state index is 0.113. The van der Waals surface area contributed by atoms with Crippen LogP contribution in [0.4, 0.5) is 19.1 Å². The van der Waals surface area contributed by atoms with Gasteiger partial charge in [0.15, 0.2) is 5.13 Å². The van der Waals surface area contributed by atoms with E-state index in [9.17, 15) is 23.6 Å². The van der Waals surface area contributed by atoms with Crippen LogP contribution in [0.5, 0.6) is 5.75 Å². The summed E-state index contributed by atoms with van der Waals surface area (Å²) in [6, 6.07) is 16.8. The monoisotopic (exact) mass is 745 g/mol. The molecule has 2 saturated heterocycles. The summed E-state index contributed by atoms with van der Waals surface area (Å²) in [4.78, 5) is 64.1. The quantitative estimate of drug-likeness (QED) is 0.197. The summed E-state index contributed by atoms with van der Waals surface area (Å²) >= 11 is 1.37. The molecule has 0 bridgehead atoms. The molecule has 53 heavy (non-hydrogen) atoms. The number of carbonyl (C=O) groups is 4. The Labute approximate surface area is 311 Å². The molecule has 2 atom stereocenters. The minimum atomic E-state index is -0.886. The highest BCUT2D eigenvalue weighted by Crippen LogP contribution is 2.33. The van der Waals surface area contributed by atoms with Crippen LogP contribution in [0.1, 0.15) is 30.5 Å². The van der Waals surface area contributed by atoms with Crippen LogP contribution in [0.15, 0.2) is 66.7 Å². The molecule has 0 aliphatic carbocycles. The van der Waals surface area contributed by atoms with Gasteiger partial charge in [-0.25, -0.2) is 19.0 Å². The van der Waals surface area contributed by atoms with E-state index in [1.165, 1.54) is 28.5 Å². The molecule has 2 fully saturated rings. The van der Waals surface area contributed by atoms with Crippen LogP contribution in [0.2, 0.25) is 0 Å². The van der Waals surface area contributed by atoms with E-state index in [2.05, 4.69) is 15.6 Å². The third kappa shape index (κ3) is 8.67. The number of hydrazine groups is 1. The number of benzene rings is 3. The van der Waals surface area contributed by atoms with Crippen LogP contribution in [0.3, 0.4) is 0 Å². The minimum Gasteiger partial charge on any atom is -0.410 e. The number of thiazole rings is 1.